The minimum Gasteiger partial charge on any atom is -0.392 e. The fourth-order valence-electron chi connectivity index (χ4n) is 3.74. The SMILES string of the molecule is Cc1nn(C)cc1-c1ccc2nc(-c3cccnc3N)n(-c3ccc(CO)cc3)c2n1. The molecule has 3 N–H and O–H groups in total. The molecule has 0 atom stereocenters. The maximum atomic E-state index is 9.43. The van der Waals surface area contributed by atoms with Crippen molar-refractivity contribution < 1.29 is 5.11 Å². The van der Waals surface area contributed by atoms with Gasteiger partial charge in [-0.3, -0.25) is 9.25 Å². The van der Waals surface area contributed by atoms with Crippen molar-refractivity contribution in [1.82, 2.24) is 29.3 Å². The lowest BCUT2D eigenvalue weighted by Crippen LogP contribution is -2.02. The number of fused-ring (bicyclic) bond motifs is 1. The van der Waals surface area contributed by atoms with Crippen LogP contribution in [0.15, 0.2) is 60.9 Å². The molecule has 0 radical (unpaired) electrons. The zero-order valence-electron chi connectivity index (χ0n) is 17.2. The van der Waals surface area contributed by atoms with E-state index in [9.17, 15) is 5.11 Å². The summed E-state index contributed by atoms with van der Waals surface area (Å²) >= 11 is 0. The van der Waals surface area contributed by atoms with E-state index in [0.717, 1.165) is 39.3 Å². The number of pyridine rings is 2. The van der Waals surface area contributed by atoms with Crippen molar-refractivity contribution in [2.75, 3.05) is 5.73 Å². The van der Waals surface area contributed by atoms with Crippen LogP contribution in [0.5, 0.6) is 0 Å². The molecule has 4 aromatic heterocycles. The molecule has 0 bridgehead atoms. The molecule has 0 amide bonds. The van der Waals surface area contributed by atoms with Crippen LogP contribution in [-0.4, -0.2) is 34.4 Å². The van der Waals surface area contributed by atoms with Crippen molar-refractivity contribution in [2.45, 2.75) is 13.5 Å². The van der Waals surface area contributed by atoms with Gasteiger partial charge in [-0.05, 0) is 48.9 Å². The Morgan fingerprint density at radius 1 is 1.00 bits per heavy atom. The third-order valence-corrected chi connectivity index (χ3v) is 5.25. The van der Waals surface area contributed by atoms with Crippen LogP contribution in [0, 0.1) is 6.92 Å². The normalized spacial score (nSPS) is 11.3. The molecule has 0 fully saturated rings. The lowest BCUT2D eigenvalue weighted by atomic mass is 10.1. The fraction of sp³-hybridized carbons (Fsp3) is 0.130. The Hall–Kier alpha value is -4.04. The molecule has 8 heteroatoms. The number of aryl methyl sites for hydroxylation is 2. The summed E-state index contributed by atoms with van der Waals surface area (Å²) in [5.41, 5.74) is 12.7. The minimum absolute atomic E-state index is 0.0178. The largest absolute Gasteiger partial charge is 0.392 e. The van der Waals surface area contributed by atoms with E-state index in [1.165, 1.54) is 0 Å². The van der Waals surface area contributed by atoms with Gasteiger partial charge in [0.1, 0.15) is 11.3 Å². The topological polar surface area (TPSA) is 108 Å². The number of hydrogen-bond donors (Lipinski definition) is 2. The Bertz CT molecular complexity index is 1400. The summed E-state index contributed by atoms with van der Waals surface area (Å²) in [7, 11) is 1.89. The zero-order valence-corrected chi connectivity index (χ0v) is 17.2. The smallest absolute Gasteiger partial charge is 0.165 e. The molecule has 0 unspecified atom stereocenters. The summed E-state index contributed by atoms with van der Waals surface area (Å²) in [6, 6.07) is 15.3. The number of imidazole rings is 1. The number of nitrogens with zero attached hydrogens (tertiary/aromatic N) is 6. The zero-order chi connectivity index (χ0) is 21.5. The first kappa shape index (κ1) is 19.0. The van der Waals surface area contributed by atoms with Crippen LogP contribution in [0.1, 0.15) is 11.3 Å². The van der Waals surface area contributed by atoms with Crippen molar-refractivity contribution in [2.24, 2.45) is 7.05 Å². The van der Waals surface area contributed by atoms with E-state index in [1.807, 2.05) is 73.3 Å². The van der Waals surface area contributed by atoms with Crippen molar-refractivity contribution in [3.63, 3.8) is 0 Å². The number of hydrogen-bond acceptors (Lipinski definition) is 6. The highest BCUT2D eigenvalue weighted by atomic mass is 16.3. The molecular weight excluding hydrogens is 390 g/mol. The van der Waals surface area contributed by atoms with Crippen molar-refractivity contribution >= 4 is 17.0 Å². The molecule has 5 aromatic rings. The fourth-order valence-corrected chi connectivity index (χ4v) is 3.74. The van der Waals surface area contributed by atoms with Crippen LogP contribution in [-0.2, 0) is 13.7 Å². The van der Waals surface area contributed by atoms with Crippen LogP contribution in [0.25, 0.3) is 39.5 Å². The molecule has 0 aliphatic heterocycles. The molecule has 4 heterocycles. The average Bonchev–Trinajstić information content (AvgIpc) is 3.32. The first-order valence-electron chi connectivity index (χ1n) is 9.86. The number of aliphatic hydroxyl groups is 1. The van der Waals surface area contributed by atoms with Crippen LogP contribution < -0.4 is 5.73 Å². The molecule has 0 saturated carbocycles. The second-order valence-corrected chi connectivity index (χ2v) is 7.37. The predicted molar refractivity (Wildman–Crippen MR) is 119 cm³/mol. The van der Waals surface area contributed by atoms with Crippen LogP contribution in [0.4, 0.5) is 5.82 Å². The number of rotatable bonds is 4. The van der Waals surface area contributed by atoms with E-state index < -0.39 is 0 Å². The quantitative estimate of drug-likeness (QED) is 0.470. The lowest BCUT2D eigenvalue weighted by Gasteiger charge is -2.11. The number of nitrogens with two attached hydrogens (primary N) is 1. The summed E-state index contributed by atoms with van der Waals surface area (Å²) in [5.74, 6) is 1.05. The minimum atomic E-state index is -0.0178. The van der Waals surface area contributed by atoms with Crippen LogP contribution >= 0.6 is 0 Å². The van der Waals surface area contributed by atoms with E-state index in [4.69, 9.17) is 15.7 Å². The van der Waals surface area contributed by atoms with E-state index in [-0.39, 0.29) is 6.61 Å². The molecule has 0 aliphatic rings. The van der Waals surface area contributed by atoms with Crippen molar-refractivity contribution in [3.8, 4) is 28.3 Å². The average molecular weight is 411 g/mol. The number of nitrogen functional groups attached to an aromatic ring is 1. The molecule has 8 nitrogen and oxygen atoms in total. The summed E-state index contributed by atoms with van der Waals surface area (Å²) in [4.78, 5) is 14.0. The van der Waals surface area contributed by atoms with Crippen LogP contribution in [0.3, 0.4) is 0 Å². The van der Waals surface area contributed by atoms with Gasteiger partial charge in [-0.25, -0.2) is 15.0 Å². The van der Waals surface area contributed by atoms with Gasteiger partial charge in [-0.1, -0.05) is 12.1 Å². The maximum Gasteiger partial charge on any atom is 0.165 e. The van der Waals surface area contributed by atoms with Gasteiger partial charge >= 0.3 is 0 Å². The molecule has 1 aromatic carbocycles. The highest BCUT2D eigenvalue weighted by Crippen LogP contribution is 2.32. The Balaban J connectivity index is 1.80. The van der Waals surface area contributed by atoms with E-state index >= 15 is 0 Å². The monoisotopic (exact) mass is 411 g/mol. The first-order chi connectivity index (χ1) is 15.0. The van der Waals surface area contributed by atoms with Crippen molar-refractivity contribution in [3.05, 3.63) is 72.2 Å². The highest BCUT2D eigenvalue weighted by Gasteiger charge is 2.19. The molecule has 5 rings (SSSR count). The predicted octanol–water partition coefficient (Wildman–Crippen LogP) is 3.27. The Morgan fingerprint density at radius 3 is 2.48 bits per heavy atom. The van der Waals surface area contributed by atoms with E-state index in [0.29, 0.717) is 17.3 Å². The highest BCUT2D eigenvalue weighted by molar-refractivity contribution is 5.84. The van der Waals surface area contributed by atoms with Gasteiger partial charge in [0.05, 0.1) is 23.6 Å². The molecule has 154 valence electrons. The number of anilines is 1. The molecule has 0 aliphatic carbocycles. The maximum absolute atomic E-state index is 9.43. The van der Waals surface area contributed by atoms with Gasteiger partial charge in [0, 0.05) is 30.7 Å². The summed E-state index contributed by atoms with van der Waals surface area (Å²) < 4.78 is 3.75. The summed E-state index contributed by atoms with van der Waals surface area (Å²) in [5, 5.41) is 13.9. The van der Waals surface area contributed by atoms with Gasteiger partial charge < -0.3 is 10.8 Å². The van der Waals surface area contributed by atoms with Gasteiger partial charge in [0.25, 0.3) is 0 Å². The molecule has 0 spiro atoms. The molecule has 0 saturated heterocycles. The Labute approximate surface area is 178 Å². The van der Waals surface area contributed by atoms with Crippen LogP contribution in [0.2, 0.25) is 0 Å². The summed E-state index contributed by atoms with van der Waals surface area (Å²) in [6.45, 7) is 1.95. The Kier molecular flexibility index (Phi) is 4.48. The summed E-state index contributed by atoms with van der Waals surface area (Å²) in [6.07, 6.45) is 3.61. The molecule has 31 heavy (non-hydrogen) atoms. The van der Waals surface area contributed by atoms with E-state index in [2.05, 4.69) is 10.1 Å². The third kappa shape index (κ3) is 3.23. The lowest BCUT2D eigenvalue weighted by molar-refractivity contribution is 0.282. The standard InChI is InChI=1S/C23H21N7O/c1-14-18(12-29(2)28-14)19-9-10-20-23(26-19)30(16-7-5-15(13-31)6-8-16)22(27-20)17-4-3-11-25-21(17)24/h3-12,31H,13H2,1-2H3,(H2,24,25). The van der Waals surface area contributed by atoms with Gasteiger partial charge in [0.2, 0.25) is 0 Å². The van der Waals surface area contributed by atoms with Gasteiger partial charge in [-0.15, -0.1) is 0 Å². The van der Waals surface area contributed by atoms with E-state index in [1.54, 1.807) is 10.9 Å². The number of benzene rings is 1. The second kappa shape index (κ2) is 7.33. The number of aromatic nitrogens is 6. The number of aliphatic hydroxyl groups excluding tert-OH is 1. The Morgan fingerprint density at radius 2 is 1.81 bits per heavy atom. The third-order valence-electron chi connectivity index (χ3n) is 5.25. The van der Waals surface area contributed by atoms with Gasteiger partial charge in [-0.2, -0.15) is 5.10 Å². The first-order valence-corrected chi connectivity index (χ1v) is 9.86. The van der Waals surface area contributed by atoms with Gasteiger partial charge in [0.15, 0.2) is 11.5 Å². The molecular formula is C23H21N7O. The second-order valence-electron chi connectivity index (χ2n) is 7.37. The van der Waals surface area contributed by atoms with Crippen molar-refractivity contribution in [1.29, 1.82) is 0 Å².